The molecule has 0 saturated heterocycles. The highest BCUT2D eigenvalue weighted by Crippen LogP contribution is 2.32. The second kappa shape index (κ2) is 7.85. The first-order valence-electron chi connectivity index (χ1n) is 9.18. The average molecular weight is 463 g/mol. The Morgan fingerprint density at radius 3 is 2.93 bits per heavy atom. The number of halogens is 2. The van der Waals surface area contributed by atoms with Crippen LogP contribution in [0.5, 0.6) is 5.75 Å². The number of hydrogen-bond acceptors (Lipinski definition) is 4. The van der Waals surface area contributed by atoms with Crippen LogP contribution in [0, 0.1) is 5.92 Å². The third-order valence-corrected chi connectivity index (χ3v) is 5.73. The summed E-state index contributed by atoms with van der Waals surface area (Å²) in [7, 11) is 4.05. The lowest BCUT2D eigenvalue weighted by Crippen LogP contribution is -2.29. The Morgan fingerprint density at radius 2 is 2.14 bits per heavy atom. The number of carbonyl (C=O) groups is 1. The van der Waals surface area contributed by atoms with Crippen molar-refractivity contribution in [1.29, 1.82) is 0 Å². The Labute approximate surface area is 177 Å². The summed E-state index contributed by atoms with van der Waals surface area (Å²) in [5.74, 6) is 0.551. The van der Waals surface area contributed by atoms with E-state index in [0.717, 1.165) is 33.2 Å². The Kier molecular flexibility index (Phi) is 5.45. The van der Waals surface area contributed by atoms with Gasteiger partial charge in [0.25, 0.3) is 0 Å². The molecule has 1 aliphatic heterocycles. The van der Waals surface area contributed by atoms with Gasteiger partial charge in [-0.1, -0.05) is 27.5 Å². The predicted molar refractivity (Wildman–Crippen MR) is 114 cm³/mol. The molecule has 2 heterocycles. The van der Waals surface area contributed by atoms with Crippen LogP contribution in [0.2, 0.25) is 5.02 Å². The molecule has 1 atom stereocenters. The van der Waals surface area contributed by atoms with Crippen molar-refractivity contribution in [3.05, 3.63) is 57.2 Å². The standard InChI is InChI=1S/C21H21BrClN3O2/c1-25(2)7-8-26-18-11-15(22)3-5-17(18)20(24-26)21(27)14-9-13-10-16(23)4-6-19(13)28-12-14/h3-6,10-11,14H,7-9,12H2,1-2H3. The molecule has 0 aliphatic carbocycles. The van der Waals surface area contributed by atoms with Crippen molar-refractivity contribution < 1.29 is 9.53 Å². The van der Waals surface area contributed by atoms with E-state index >= 15 is 0 Å². The summed E-state index contributed by atoms with van der Waals surface area (Å²) in [6.07, 6.45) is 0.608. The number of ketones is 1. The summed E-state index contributed by atoms with van der Waals surface area (Å²) in [4.78, 5) is 15.4. The highest BCUT2D eigenvalue weighted by atomic mass is 79.9. The lowest BCUT2D eigenvalue weighted by atomic mass is 9.91. The van der Waals surface area contributed by atoms with Gasteiger partial charge in [-0.2, -0.15) is 5.10 Å². The van der Waals surface area contributed by atoms with Crippen LogP contribution < -0.4 is 4.74 Å². The van der Waals surface area contributed by atoms with Crippen LogP contribution >= 0.6 is 27.5 Å². The first-order valence-corrected chi connectivity index (χ1v) is 10.4. The molecule has 7 heteroatoms. The van der Waals surface area contributed by atoms with Gasteiger partial charge in [-0.15, -0.1) is 0 Å². The number of nitrogens with zero attached hydrogens (tertiary/aromatic N) is 3. The van der Waals surface area contributed by atoms with Gasteiger partial charge in [0.2, 0.25) is 0 Å². The average Bonchev–Trinajstić information content (AvgIpc) is 3.02. The van der Waals surface area contributed by atoms with E-state index in [0.29, 0.717) is 30.3 Å². The van der Waals surface area contributed by atoms with Crippen molar-refractivity contribution in [1.82, 2.24) is 14.7 Å². The summed E-state index contributed by atoms with van der Waals surface area (Å²) in [6, 6.07) is 11.5. The molecule has 1 aliphatic rings. The van der Waals surface area contributed by atoms with Gasteiger partial charge in [0, 0.05) is 21.4 Å². The quantitative estimate of drug-likeness (QED) is 0.526. The molecule has 0 fully saturated rings. The lowest BCUT2D eigenvalue weighted by molar-refractivity contribution is 0.0850. The fourth-order valence-electron chi connectivity index (χ4n) is 3.52. The van der Waals surface area contributed by atoms with Crippen molar-refractivity contribution in [3.63, 3.8) is 0 Å². The normalized spacial score (nSPS) is 16.2. The molecule has 0 N–H and O–H groups in total. The summed E-state index contributed by atoms with van der Waals surface area (Å²) in [5.41, 5.74) is 2.44. The fraction of sp³-hybridized carbons (Fsp3) is 0.333. The number of rotatable bonds is 5. The summed E-state index contributed by atoms with van der Waals surface area (Å²) < 4.78 is 8.71. The Morgan fingerprint density at radius 1 is 1.32 bits per heavy atom. The molecule has 28 heavy (non-hydrogen) atoms. The molecular formula is C21H21BrClN3O2. The minimum absolute atomic E-state index is 0.0153. The first kappa shape index (κ1) is 19.4. The van der Waals surface area contributed by atoms with Gasteiger partial charge in [-0.25, -0.2) is 0 Å². The van der Waals surface area contributed by atoms with Gasteiger partial charge in [-0.05, 0) is 62.5 Å². The second-order valence-electron chi connectivity index (χ2n) is 7.36. The minimum Gasteiger partial charge on any atom is -0.493 e. The lowest BCUT2D eigenvalue weighted by Gasteiger charge is -2.24. The molecule has 0 spiro atoms. The largest absolute Gasteiger partial charge is 0.493 e. The van der Waals surface area contributed by atoms with E-state index in [1.807, 2.05) is 49.1 Å². The molecule has 1 aromatic heterocycles. The maximum absolute atomic E-state index is 13.3. The third kappa shape index (κ3) is 3.81. The van der Waals surface area contributed by atoms with Gasteiger partial charge in [0.05, 0.1) is 24.6 Å². The topological polar surface area (TPSA) is 47.4 Å². The highest BCUT2D eigenvalue weighted by molar-refractivity contribution is 9.10. The zero-order valence-corrected chi connectivity index (χ0v) is 18.1. The van der Waals surface area contributed by atoms with E-state index < -0.39 is 0 Å². The van der Waals surface area contributed by atoms with Crippen LogP contribution in [0.4, 0.5) is 0 Å². The van der Waals surface area contributed by atoms with Gasteiger partial charge in [0.15, 0.2) is 5.78 Å². The summed E-state index contributed by atoms with van der Waals surface area (Å²) in [5, 5.41) is 6.22. The number of Topliss-reactive ketones (excluding diaryl/α,β-unsaturated/α-hetero) is 1. The van der Waals surface area contributed by atoms with E-state index in [-0.39, 0.29) is 11.7 Å². The number of benzene rings is 2. The highest BCUT2D eigenvalue weighted by Gasteiger charge is 2.30. The fourth-order valence-corrected chi connectivity index (χ4v) is 4.06. The molecule has 3 aromatic rings. The molecule has 5 nitrogen and oxygen atoms in total. The van der Waals surface area contributed by atoms with E-state index in [1.165, 1.54) is 0 Å². The number of likely N-dealkylation sites (N-methyl/N-ethyl adjacent to an activating group) is 1. The Bertz CT molecular complexity index is 1050. The molecule has 0 saturated carbocycles. The maximum Gasteiger partial charge on any atom is 0.190 e. The van der Waals surface area contributed by atoms with Crippen molar-refractivity contribution in [2.24, 2.45) is 5.92 Å². The van der Waals surface area contributed by atoms with Crippen molar-refractivity contribution in [3.8, 4) is 5.75 Å². The van der Waals surface area contributed by atoms with Crippen molar-refractivity contribution in [2.45, 2.75) is 13.0 Å². The van der Waals surface area contributed by atoms with Gasteiger partial charge in [0.1, 0.15) is 11.4 Å². The van der Waals surface area contributed by atoms with Gasteiger partial charge < -0.3 is 9.64 Å². The Balaban J connectivity index is 1.67. The van der Waals surface area contributed by atoms with Crippen LogP contribution in [-0.2, 0) is 13.0 Å². The second-order valence-corrected chi connectivity index (χ2v) is 8.72. The SMILES string of the molecule is CN(C)CCn1nc(C(=O)C2COc3ccc(Cl)cc3C2)c2ccc(Br)cc21. The molecule has 4 rings (SSSR count). The number of carbonyl (C=O) groups excluding carboxylic acids is 1. The van der Waals surface area contributed by atoms with Crippen LogP contribution in [0.25, 0.3) is 10.9 Å². The predicted octanol–water partition coefficient (Wildman–Crippen LogP) is 4.45. The molecule has 2 aromatic carbocycles. The number of aromatic nitrogens is 2. The molecule has 0 bridgehead atoms. The maximum atomic E-state index is 13.3. The minimum atomic E-state index is -0.269. The van der Waals surface area contributed by atoms with Crippen LogP contribution in [0.1, 0.15) is 16.1 Å². The molecule has 1 unspecified atom stereocenters. The smallest absolute Gasteiger partial charge is 0.190 e. The van der Waals surface area contributed by atoms with E-state index in [2.05, 4.69) is 25.9 Å². The van der Waals surface area contributed by atoms with Gasteiger partial charge >= 0.3 is 0 Å². The monoisotopic (exact) mass is 461 g/mol. The molecule has 0 radical (unpaired) electrons. The van der Waals surface area contributed by atoms with Gasteiger partial charge in [-0.3, -0.25) is 9.48 Å². The zero-order chi connectivity index (χ0) is 19.8. The third-order valence-electron chi connectivity index (χ3n) is 5.01. The Hall–Kier alpha value is -1.89. The van der Waals surface area contributed by atoms with Crippen LogP contribution in [0.15, 0.2) is 40.9 Å². The molecular weight excluding hydrogens is 442 g/mol. The number of ether oxygens (including phenoxy) is 1. The summed E-state index contributed by atoms with van der Waals surface area (Å²) in [6.45, 7) is 1.91. The van der Waals surface area contributed by atoms with Crippen molar-refractivity contribution >= 4 is 44.2 Å². The zero-order valence-electron chi connectivity index (χ0n) is 15.8. The number of hydrogen-bond donors (Lipinski definition) is 0. The van der Waals surface area contributed by atoms with Crippen LogP contribution in [-0.4, -0.2) is 47.7 Å². The van der Waals surface area contributed by atoms with E-state index in [9.17, 15) is 4.79 Å². The summed E-state index contributed by atoms with van der Waals surface area (Å²) >= 11 is 9.64. The molecule has 146 valence electrons. The van der Waals surface area contributed by atoms with Crippen molar-refractivity contribution in [2.75, 3.05) is 27.2 Å². The van der Waals surface area contributed by atoms with E-state index in [1.54, 1.807) is 6.07 Å². The number of fused-ring (bicyclic) bond motifs is 2. The first-order chi connectivity index (χ1) is 13.4. The molecule has 0 amide bonds. The van der Waals surface area contributed by atoms with Crippen LogP contribution in [0.3, 0.4) is 0 Å². The van der Waals surface area contributed by atoms with E-state index in [4.69, 9.17) is 16.3 Å².